The molecular formula is C11H8BrNO. The summed E-state index contributed by atoms with van der Waals surface area (Å²) in [5.74, 6) is 0.764. The van der Waals surface area contributed by atoms with E-state index in [2.05, 4.69) is 22.0 Å². The zero-order valence-corrected chi connectivity index (χ0v) is 9.26. The first-order valence-electron chi connectivity index (χ1n) is 4.27. The third kappa shape index (κ3) is 1.42. The summed E-state index contributed by atoms with van der Waals surface area (Å²) in [5, 5.41) is 9.68. The highest BCUT2D eigenvalue weighted by atomic mass is 79.9. The largest absolute Gasteiger partial charge is 0.460 e. The fraction of sp³-hybridized carbons (Fsp3) is 0.182. The Balaban J connectivity index is 2.69. The molecule has 0 aliphatic rings. The van der Waals surface area contributed by atoms with Crippen LogP contribution < -0.4 is 0 Å². The molecular weight excluding hydrogens is 242 g/mol. The summed E-state index contributed by atoms with van der Waals surface area (Å²) < 4.78 is 6.58. The van der Waals surface area contributed by atoms with Crippen molar-refractivity contribution in [2.45, 2.75) is 13.3 Å². The summed E-state index contributed by atoms with van der Waals surface area (Å²) in [5.41, 5.74) is 1.90. The summed E-state index contributed by atoms with van der Waals surface area (Å²) in [7, 11) is 0. The summed E-state index contributed by atoms with van der Waals surface area (Å²) in [6, 6.07) is 7.95. The topological polar surface area (TPSA) is 36.9 Å². The van der Waals surface area contributed by atoms with Gasteiger partial charge in [0.25, 0.3) is 0 Å². The number of nitriles is 1. The molecule has 2 aromatic rings. The van der Waals surface area contributed by atoms with E-state index in [1.165, 1.54) is 0 Å². The highest BCUT2D eigenvalue weighted by Crippen LogP contribution is 2.27. The van der Waals surface area contributed by atoms with Gasteiger partial charge in [0.05, 0.1) is 12.5 Å². The Morgan fingerprint density at radius 2 is 2.29 bits per heavy atom. The van der Waals surface area contributed by atoms with E-state index in [0.29, 0.717) is 6.42 Å². The zero-order valence-electron chi connectivity index (χ0n) is 7.67. The summed E-state index contributed by atoms with van der Waals surface area (Å²) >= 11 is 3.41. The van der Waals surface area contributed by atoms with Crippen LogP contribution >= 0.6 is 15.9 Å². The molecule has 0 N–H and O–H groups in total. The Labute approximate surface area is 90.3 Å². The molecule has 0 fully saturated rings. The van der Waals surface area contributed by atoms with Crippen molar-refractivity contribution in [3.63, 3.8) is 0 Å². The van der Waals surface area contributed by atoms with E-state index in [4.69, 9.17) is 9.68 Å². The molecule has 1 aromatic heterocycles. The normalized spacial score (nSPS) is 10.4. The van der Waals surface area contributed by atoms with Crippen LogP contribution in [0.15, 0.2) is 27.1 Å². The summed E-state index contributed by atoms with van der Waals surface area (Å²) in [6.07, 6.45) is 0.331. The molecule has 3 heteroatoms. The number of aryl methyl sites for hydroxylation is 1. The highest BCUT2D eigenvalue weighted by Gasteiger charge is 2.09. The van der Waals surface area contributed by atoms with Crippen LogP contribution in [0.3, 0.4) is 0 Å². The second-order valence-electron chi connectivity index (χ2n) is 3.13. The second-order valence-corrected chi connectivity index (χ2v) is 4.04. The summed E-state index contributed by atoms with van der Waals surface area (Å²) in [4.78, 5) is 0. The van der Waals surface area contributed by atoms with E-state index in [1.54, 1.807) is 0 Å². The lowest BCUT2D eigenvalue weighted by Crippen LogP contribution is -1.79. The predicted octanol–water partition coefficient (Wildman–Crippen LogP) is 3.57. The molecule has 0 aliphatic heterocycles. The van der Waals surface area contributed by atoms with E-state index < -0.39 is 0 Å². The highest BCUT2D eigenvalue weighted by molar-refractivity contribution is 9.10. The Bertz CT molecular complexity index is 522. The molecule has 0 bridgehead atoms. The number of halogens is 1. The third-order valence-corrected chi connectivity index (χ3v) is 2.73. The van der Waals surface area contributed by atoms with Crippen molar-refractivity contribution >= 4 is 26.9 Å². The molecule has 70 valence electrons. The van der Waals surface area contributed by atoms with Crippen LogP contribution in [0.1, 0.15) is 11.3 Å². The molecule has 1 heterocycles. The molecule has 0 saturated heterocycles. The van der Waals surface area contributed by atoms with Crippen molar-refractivity contribution in [2.24, 2.45) is 0 Å². The molecule has 0 aliphatic carbocycles. The first kappa shape index (κ1) is 9.29. The van der Waals surface area contributed by atoms with Crippen LogP contribution in [-0.4, -0.2) is 0 Å². The fourth-order valence-electron chi connectivity index (χ4n) is 1.48. The maximum absolute atomic E-state index is 8.60. The Morgan fingerprint density at radius 3 is 3.00 bits per heavy atom. The zero-order chi connectivity index (χ0) is 10.1. The van der Waals surface area contributed by atoms with E-state index >= 15 is 0 Å². The van der Waals surface area contributed by atoms with Crippen LogP contribution in [0.4, 0.5) is 0 Å². The van der Waals surface area contributed by atoms with Crippen LogP contribution in [0.2, 0.25) is 0 Å². The van der Waals surface area contributed by atoms with Gasteiger partial charge in [0.2, 0.25) is 0 Å². The number of hydrogen-bond acceptors (Lipinski definition) is 2. The van der Waals surface area contributed by atoms with Crippen molar-refractivity contribution in [1.29, 1.82) is 5.26 Å². The minimum atomic E-state index is 0.331. The average Bonchev–Trinajstić information content (AvgIpc) is 2.46. The monoisotopic (exact) mass is 249 g/mol. The molecule has 0 saturated carbocycles. The lowest BCUT2D eigenvalue weighted by molar-refractivity contribution is 0.563. The molecule has 0 unspecified atom stereocenters. The number of hydrogen-bond donors (Lipinski definition) is 0. The SMILES string of the molecule is Cc1c(CC#N)oc2ccc(Br)cc12. The van der Waals surface area contributed by atoms with Gasteiger partial charge in [-0.2, -0.15) is 5.26 Å². The van der Waals surface area contributed by atoms with E-state index in [0.717, 1.165) is 26.8 Å². The minimum absolute atomic E-state index is 0.331. The first-order chi connectivity index (χ1) is 6.72. The number of rotatable bonds is 1. The van der Waals surface area contributed by atoms with Crippen molar-refractivity contribution < 1.29 is 4.42 Å². The van der Waals surface area contributed by atoms with Gasteiger partial charge in [-0.25, -0.2) is 0 Å². The van der Waals surface area contributed by atoms with Gasteiger partial charge < -0.3 is 4.42 Å². The Kier molecular flexibility index (Phi) is 2.30. The van der Waals surface area contributed by atoms with Crippen LogP contribution in [0, 0.1) is 18.3 Å². The van der Waals surface area contributed by atoms with Crippen LogP contribution in [0.5, 0.6) is 0 Å². The van der Waals surface area contributed by atoms with Gasteiger partial charge in [0, 0.05) is 9.86 Å². The van der Waals surface area contributed by atoms with Crippen molar-refractivity contribution in [2.75, 3.05) is 0 Å². The van der Waals surface area contributed by atoms with Crippen molar-refractivity contribution in [3.8, 4) is 6.07 Å². The fourth-order valence-corrected chi connectivity index (χ4v) is 1.85. The maximum Gasteiger partial charge on any atom is 0.134 e. The lowest BCUT2D eigenvalue weighted by Gasteiger charge is -1.90. The minimum Gasteiger partial charge on any atom is -0.460 e. The van der Waals surface area contributed by atoms with Gasteiger partial charge in [-0.05, 0) is 30.7 Å². The molecule has 14 heavy (non-hydrogen) atoms. The Morgan fingerprint density at radius 1 is 1.50 bits per heavy atom. The second kappa shape index (κ2) is 3.47. The number of furan rings is 1. The first-order valence-corrected chi connectivity index (χ1v) is 5.06. The van der Waals surface area contributed by atoms with E-state index in [9.17, 15) is 0 Å². The predicted molar refractivity (Wildman–Crippen MR) is 58.0 cm³/mol. The standard InChI is InChI=1S/C11H8BrNO/c1-7-9-6-8(12)2-3-11(9)14-10(7)4-5-13/h2-3,6H,4H2,1H3. The molecule has 2 nitrogen and oxygen atoms in total. The van der Waals surface area contributed by atoms with Crippen molar-refractivity contribution in [1.82, 2.24) is 0 Å². The molecule has 2 rings (SSSR count). The lowest BCUT2D eigenvalue weighted by atomic mass is 10.1. The molecule has 0 amide bonds. The van der Waals surface area contributed by atoms with Gasteiger partial charge in [-0.3, -0.25) is 0 Å². The van der Waals surface area contributed by atoms with Crippen LogP contribution in [0.25, 0.3) is 11.0 Å². The number of fused-ring (bicyclic) bond motifs is 1. The number of benzene rings is 1. The van der Waals surface area contributed by atoms with Crippen molar-refractivity contribution in [3.05, 3.63) is 34.0 Å². The van der Waals surface area contributed by atoms with E-state index in [-0.39, 0.29) is 0 Å². The van der Waals surface area contributed by atoms with Gasteiger partial charge in [0.15, 0.2) is 0 Å². The molecule has 0 atom stereocenters. The molecule has 0 spiro atoms. The van der Waals surface area contributed by atoms with Crippen LogP contribution in [-0.2, 0) is 6.42 Å². The van der Waals surface area contributed by atoms with Gasteiger partial charge >= 0.3 is 0 Å². The third-order valence-electron chi connectivity index (χ3n) is 2.24. The van der Waals surface area contributed by atoms with Gasteiger partial charge in [-0.15, -0.1) is 0 Å². The smallest absolute Gasteiger partial charge is 0.134 e. The summed E-state index contributed by atoms with van der Waals surface area (Å²) in [6.45, 7) is 1.98. The maximum atomic E-state index is 8.60. The average molecular weight is 250 g/mol. The quantitative estimate of drug-likeness (QED) is 0.775. The van der Waals surface area contributed by atoms with Gasteiger partial charge in [0.1, 0.15) is 11.3 Å². The number of nitrogens with zero attached hydrogens (tertiary/aromatic N) is 1. The Hall–Kier alpha value is -1.27. The van der Waals surface area contributed by atoms with Gasteiger partial charge in [-0.1, -0.05) is 15.9 Å². The van der Waals surface area contributed by atoms with E-state index in [1.807, 2.05) is 25.1 Å². The molecule has 0 radical (unpaired) electrons. The molecule has 1 aromatic carbocycles.